The van der Waals surface area contributed by atoms with Crippen molar-refractivity contribution >= 4 is 5.97 Å². The Morgan fingerprint density at radius 3 is 2.83 bits per heavy atom. The molecule has 1 aliphatic heterocycles. The summed E-state index contributed by atoms with van der Waals surface area (Å²) in [4.78, 5) is 11.1. The van der Waals surface area contributed by atoms with Crippen LogP contribution in [-0.4, -0.2) is 31.7 Å². The van der Waals surface area contributed by atoms with Crippen LogP contribution in [-0.2, 0) is 9.53 Å². The number of nitrogens with two attached hydrogens (primary N) is 1. The normalized spacial score (nSPS) is 19.8. The molecule has 0 aromatic rings. The molecule has 0 radical (unpaired) electrons. The van der Waals surface area contributed by atoms with Gasteiger partial charge in [-0.3, -0.25) is 4.79 Å². The predicted octanol–water partition coefficient (Wildman–Crippen LogP) is -0.514. The van der Waals surface area contributed by atoms with Gasteiger partial charge in [-0.05, 0) is 32.4 Å². The van der Waals surface area contributed by atoms with E-state index in [9.17, 15) is 4.79 Å². The molecule has 1 rings (SSSR count). The molecule has 4 heteroatoms. The van der Waals surface area contributed by atoms with E-state index in [1.54, 1.807) is 6.92 Å². The summed E-state index contributed by atoms with van der Waals surface area (Å²) in [5.41, 5.74) is 5.61. The molecule has 3 N–H and O–H groups in total. The highest BCUT2D eigenvalue weighted by atomic mass is 16.5. The number of ether oxygens (including phenoxy) is 1. The van der Waals surface area contributed by atoms with Crippen LogP contribution < -0.4 is 11.1 Å². The molecule has 4 nitrogen and oxygen atoms in total. The minimum Gasteiger partial charge on any atom is -0.465 e. The van der Waals surface area contributed by atoms with Crippen molar-refractivity contribution in [3.8, 4) is 0 Å². The van der Waals surface area contributed by atoms with Gasteiger partial charge in [0.15, 0.2) is 0 Å². The molecule has 0 amide bonds. The van der Waals surface area contributed by atoms with Gasteiger partial charge < -0.3 is 15.8 Å². The summed E-state index contributed by atoms with van der Waals surface area (Å²) < 4.78 is 4.79. The Morgan fingerprint density at radius 2 is 2.42 bits per heavy atom. The second kappa shape index (κ2) is 4.42. The summed E-state index contributed by atoms with van der Waals surface area (Å²) in [6.07, 6.45) is 0.742. The van der Waals surface area contributed by atoms with Gasteiger partial charge in [0.2, 0.25) is 0 Å². The molecule has 1 saturated heterocycles. The molecule has 0 aromatic carbocycles. The van der Waals surface area contributed by atoms with Crippen molar-refractivity contribution in [2.45, 2.75) is 19.4 Å². The lowest BCUT2D eigenvalue weighted by Gasteiger charge is -2.28. The molecule has 1 unspecified atom stereocenters. The molecule has 0 aromatic heterocycles. The monoisotopic (exact) mass is 172 g/mol. The minimum absolute atomic E-state index is 0.274. The minimum atomic E-state index is -0.433. The van der Waals surface area contributed by atoms with E-state index in [0.29, 0.717) is 12.5 Å². The van der Waals surface area contributed by atoms with Crippen LogP contribution in [0.5, 0.6) is 0 Å². The van der Waals surface area contributed by atoms with Gasteiger partial charge in [-0.25, -0.2) is 0 Å². The summed E-state index contributed by atoms with van der Waals surface area (Å²) in [5, 5.41) is 3.13. The molecule has 1 atom stereocenters. The standard InChI is InChI=1S/C8H16N2O2/c1-2-12-8(11)7(9)3-6-4-10-5-6/h6-7,10H,2-5,9H2,1H3. The third-order valence-electron chi connectivity index (χ3n) is 2.04. The SMILES string of the molecule is CCOC(=O)C(N)CC1CNC1. The van der Waals surface area contributed by atoms with Gasteiger partial charge in [0, 0.05) is 0 Å². The number of carbonyl (C=O) groups excluding carboxylic acids is 1. The van der Waals surface area contributed by atoms with Gasteiger partial charge in [-0.2, -0.15) is 0 Å². The zero-order valence-electron chi connectivity index (χ0n) is 7.38. The highest BCUT2D eigenvalue weighted by Crippen LogP contribution is 2.10. The topological polar surface area (TPSA) is 64.3 Å². The van der Waals surface area contributed by atoms with Crippen LogP contribution in [0.2, 0.25) is 0 Å². The van der Waals surface area contributed by atoms with E-state index in [4.69, 9.17) is 10.5 Å². The molecule has 1 aliphatic rings. The molecule has 1 fully saturated rings. The van der Waals surface area contributed by atoms with Crippen molar-refractivity contribution in [3.63, 3.8) is 0 Å². The summed E-state index contributed by atoms with van der Waals surface area (Å²) in [5.74, 6) is 0.286. The third kappa shape index (κ3) is 2.46. The Kier molecular flexibility index (Phi) is 3.49. The van der Waals surface area contributed by atoms with E-state index in [-0.39, 0.29) is 5.97 Å². The van der Waals surface area contributed by atoms with Crippen LogP contribution in [0, 0.1) is 5.92 Å². The average molecular weight is 172 g/mol. The predicted molar refractivity (Wildman–Crippen MR) is 45.6 cm³/mol. The van der Waals surface area contributed by atoms with Crippen molar-refractivity contribution in [1.29, 1.82) is 0 Å². The number of nitrogens with one attached hydrogen (secondary N) is 1. The van der Waals surface area contributed by atoms with Gasteiger partial charge >= 0.3 is 5.97 Å². The first-order chi connectivity index (χ1) is 5.74. The van der Waals surface area contributed by atoms with E-state index in [0.717, 1.165) is 19.5 Å². The number of carbonyl (C=O) groups is 1. The van der Waals surface area contributed by atoms with Crippen molar-refractivity contribution in [2.75, 3.05) is 19.7 Å². The first kappa shape index (κ1) is 9.48. The van der Waals surface area contributed by atoms with E-state index in [2.05, 4.69) is 5.32 Å². The number of rotatable bonds is 4. The van der Waals surface area contributed by atoms with Crippen LogP contribution in [0.1, 0.15) is 13.3 Å². The molecule has 0 aliphatic carbocycles. The Bertz CT molecular complexity index is 157. The van der Waals surface area contributed by atoms with E-state index in [1.165, 1.54) is 0 Å². The van der Waals surface area contributed by atoms with Crippen molar-refractivity contribution in [3.05, 3.63) is 0 Å². The van der Waals surface area contributed by atoms with Crippen molar-refractivity contribution in [2.24, 2.45) is 11.7 Å². The van der Waals surface area contributed by atoms with Crippen LogP contribution in [0.15, 0.2) is 0 Å². The second-order valence-electron chi connectivity index (χ2n) is 3.12. The molecular formula is C8H16N2O2. The fourth-order valence-corrected chi connectivity index (χ4v) is 1.22. The maximum Gasteiger partial charge on any atom is 0.322 e. The van der Waals surface area contributed by atoms with Crippen molar-refractivity contribution in [1.82, 2.24) is 5.32 Å². The summed E-state index contributed by atoms with van der Waals surface area (Å²) in [6.45, 7) is 4.16. The number of esters is 1. The maximum absolute atomic E-state index is 11.1. The Balaban J connectivity index is 2.16. The molecule has 12 heavy (non-hydrogen) atoms. The maximum atomic E-state index is 11.1. The van der Waals surface area contributed by atoms with Crippen LogP contribution in [0.4, 0.5) is 0 Å². The molecule has 0 saturated carbocycles. The largest absolute Gasteiger partial charge is 0.465 e. The van der Waals surface area contributed by atoms with Gasteiger partial charge in [0.05, 0.1) is 6.61 Å². The molecular weight excluding hydrogens is 156 g/mol. The first-order valence-corrected chi connectivity index (χ1v) is 4.37. The lowest BCUT2D eigenvalue weighted by Crippen LogP contribution is -2.46. The lowest BCUT2D eigenvalue weighted by atomic mass is 9.95. The van der Waals surface area contributed by atoms with E-state index < -0.39 is 6.04 Å². The molecule has 0 bridgehead atoms. The summed E-state index contributed by atoms with van der Waals surface area (Å²) >= 11 is 0. The van der Waals surface area contributed by atoms with Crippen LogP contribution in [0.3, 0.4) is 0 Å². The fourth-order valence-electron chi connectivity index (χ4n) is 1.22. The quantitative estimate of drug-likeness (QED) is 0.560. The summed E-state index contributed by atoms with van der Waals surface area (Å²) in [6, 6.07) is -0.433. The van der Waals surface area contributed by atoms with Crippen molar-refractivity contribution < 1.29 is 9.53 Å². The van der Waals surface area contributed by atoms with E-state index >= 15 is 0 Å². The fraction of sp³-hybridized carbons (Fsp3) is 0.875. The zero-order chi connectivity index (χ0) is 8.97. The van der Waals surface area contributed by atoms with Gasteiger partial charge in [0.25, 0.3) is 0 Å². The van der Waals surface area contributed by atoms with E-state index in [1.807, 2.05) is 0 Å². The second-order valence-corrected chi connectivity index (χ2v) is 3.12. The van der Waals surface area contributed by atoms with Crippen LogP contribution >= 0.6 is 0 Å². The average Bonchev–Trinajstić information content (AvgIpc) is 1.97. The lowest BCUT2D eigenvalue weighted by molar-refractivity contribution is -0.145. The van der Waals surface area contributed by atoms with Gasteiger partial charge in [0.1, 0.15) is 6.04 Å². The van der Waals surface area contributed by atoms with Crippen LogP contribution in [0.25, 0.3) is 0 Å². The third-order valence-corrected chi connectivity index (χ3v) is 2.04. The smallest absolute Gasteiger partial charge is 0.322 e. The zero-order valence-corrected chi connectivity index (χ0v) is 7.38. The highest BCUT2D eigenvalue weighted by molar-refractivity contribution is 5.75. The van der Waals surface area contributed by atoms with Gasteiger partial charge in [-0.15, -0.1) is 0 Å². The number of hydrogen-bond acceptors (Lipinski definition) is 4. The Hall–Kier alpha value is -0.610. The number of hydrogen-bond donors (Lipinski definition) is 2. The first-order valence-electron chi connectivity index (χ1n) is 4.37. The highest BCUT2D eigenvalue weighted by Gasteiger charge is 2.24. The molecule has 0 spiro atoms. The molecule has 1 heterocycles. The Labute approximate surface area is 72.5 Å². The Morgan fingerprint density at radius 1 is 1.75 bits per heavy atom. The van der Waals surface area contributed by atoms with Gasteiger partial charge in [-0.1, -0.05) is 0 Å². The molecule has 70 valence electrons. The summed E-state index contributed by atoms with van der Waals surface area (Å²) in [7, 11) is 0.